The number of carbonyl (C=O) groups is 3. The van der Waals surface area contributed by atoms with Gasteiger partial charge in [0.15, 0.2) is 5.78 Å². The van der Waals surface area contributed by atoms with Crippen molar-refractivity contribution >= 4 is 17.7 Å². The first-order chi connectivity index (χ1) is 10.2. The molecule has 0 fully saturated rings. The first-order valence-corrected chi connectivity index (χ1v) is 7.23. The van der Waals surface area contributed by atoms with E-state index in [9.17, 15) is 14.4 Å². The Morgan fingerprint density at radius 1 is 1.27 bits per heavy atom. The first kappa shape index (κ1) is 17.9. The number of nitrogens with one attached hydrogen (secondary N) is 1. The Morgan fingerprint density at radius 2 is 1.86 bits per heavy atom. The minimum atomic E-state index is -0.546. The molecule has 0 aliphatic heterocycles. The molecule has 0 unspecified atom stereocenters. The molecule has 0 radical (unpaired) electrons. The van der Waals surface area contributed by atoms with Gasteiger partial charge < -0.3 is 14.6 Å². The van der Waals surface area contributed by atoms with Crippen LogP contribution in [0.2, 0.25) is 0 Å². The monoisotopic (exact) mass is 308 g/mol. The highest BCUT2D eigenvalue weighted by atomic mass is 16.5. The zero-order valence-electron chi connectivity index (χ0n) is 14.1. The summed E-state index contributed by atoms with van der Waals surface area (Å²) in [6.45, 7) is 7.76. The molecule has 1 aromatic rings. The van der Waals surface area contributed by atoms with Crippen LogP contribution in [-0.4, -0.2) is 48.2 Å². The summed E-state index contributed by atoms with van der Waals surface area (Å²) in [4.78, 5) is 40.4. The van der Waals surface area contributed by atoms with E-state index in [-0.39, 0.29) is 23.7 Å². The fraction of sp³-hybridized carbons (Fsp3) is 0.562. The number of Topliss-reactive ketones (excluding diaryl/α,β-unsaturated/α-hetero) is 1. The number of hydrogen-bond donors (Lipinski definition) is 1. The highest BCUT2D eigenvalue weighted by Gasteiger charge is 2.25. The minimum Gasteiger partial charge on any atom is -0.465 e. The van der Waals surface area contributed by atoms with Gasteiger partial charge in [-0.15, -0.1) is 0 Å². The topological polar surface area (TPSA) is 79.5 Å². The number of nitrogens with zero attached hydrogens (tertiary/aromatic N) is 1. The molecule has 0 saturated carbocycles. The zero-order chi connectivity index (χ0) is 17.0. The second kappa shape index (κ2) is 7.24. The maximum atomic E-state index is 12.3. The van der Waals surface area contributed by atoms with Gasteiger partial charge in [0.05, 0.1) is 24.8 Å². The summed E-state index contributed by atoms with van der Waals surface area (Å²) in [6, 6.07) is 0. The second-order valence-electron chi connectivity index (χ2n) is 5.87. The van der Waals surface area contributed by atoms with Crippen LogP contribution in [0.5, 0.6) is 0 Å². The number of aromatic amines is 1. The van der Waals surface area contributed by atoms with Crippen LogP contribution >= 0.6 is 0 Å². The average molecular weight is 308 g/mol. The molecule has 0 bridgehead atoms. The van der Waals surface area contributed by atoms with Crippen molar-refractivity contribution < 1.29 is 19.1 Å². The maximum absolute atomic E-state index is 12.3. The van der Waals surface area contributed by atoms with Crippen molar-refractivity contribution in [2.75, 3.05) is 20.7 Å². The molecule has 1 aromatic heterocycles. The molecule has 0 aliphatic carbocycles. The summed E-state index contributed by atoms with van der Waals surface area (Å²) in [5, 5.41) is 0. The van der Waals surface area contributed by atoms with Crippen LogP contribution in [0.3, 0.4) is 0 Å². The van der Waals surface area contributed by atoms with Gasteiger partial charge in [0, 0.05) is 26.2 Å². The Balaban J connectivity index is 3.13. The number of H-pyrrole nitrogens is 1. The molecule has 6 nitrogen and oxygen atoms in total. The molecule has 1 N–H and O–H groups in total. The van der Waals surface area contributed by atoms with Gasteiger partial charge in [0.2, 0.25) is 5.91 Å². The predicted octanol–water partition coefficient (Wildman–Crippen LogP) is 1.97. The van der Waals surface area contributed by atoms with E-state index in [1.54, 1.807) is 18.9 Å². The summed E-state index contributed by atoms with van der Waals surface area (Å²) < 4.78 is 4.76. The molecule has 0 aromatic carbocycles. The van der Waals surface area contributed by atoms with Crippen LogP contribution in [-0.2, 0) is 16.0 Å². The molecule has 0 aliphatic rings. The Kier molecular flexibility index (Phi) is 5.91. The van der Waals surface area contributed by atoms with Crippen molar-refractivity contribution in [2.24, 2.45) is 5.92 Å². The zero-order valence-corrected chi connectivity index (χ0v) is 14.1. The summed E-state index contributed by atoms with van der Waals surface area (Å²) in [5.41, 5.74) is 1.57. The van der Waals surface area contributed by atoms with Gasteiger partial charge in [0.25, 0.3) is 0 Å². The molecule has 0 saturated heterocycles. The van der Waals surface area contributed by atoms with E-state index in [1.807, 2.05) is 13.8 Å². The molecule has 1 heterocycles. The van der Waals surface area contributed by atoms with Crippen LogP contribution in [0.1, 0.15) is 52.9 Å². The van der Waals surface area contributed by atoms with Crippen molar-refractivity contribution in [3.8, 4) is 0 Å². The van der Waals surface area contributed by atoms with Gasteiger partial charge in [-0.25, -0.2) is 4.79 Å². The van der Waals surface area contributed by atoms with E-state index in [1.165, 1.54) is 14.0 Å². The van der Waals surface area contributed by atoms with Gasteiger partial charge in [-0.3, -0.25) is 9.59 Å². The standard InChI is InChI=1S/C16H24N2O4/c1-9(2)8-18(5)13(20)7-12-14(16(21)22-6)10(3)15(17-12)11(4)19/h9,17H,7-8H2,1-6H3. The molecule has 0 atom stereocenters. The third-order valence-corrected chi connectivity index (χ3v) is 3.46. The van der Waals surface area contributed by atoms with E-state index in [0.29, 0.717) is 29.4 Å². The molecule has 1 rings (SSSR count). The molecule has 6 heteroatoms. The van der Waals surface area contributed by atoms with Gasteiger partial charge in [-0.2, -0.15) is 0 Å². The second-order valence-corrected chi connectivity index (χ2v) is 5.87. The van der Waals surface area contributed by atoms with Gasteiger partial charge in [-0.05, 0) is 18.4 Å². The summed E-state index contributed by atoms with van der Waals surface area (Å²) in [5.74, 6) is -0.491. The van der Waals surface area contributed by atoms with Crippen LogP contribution in [0.4, 0.5) is 0 Å². The van der Waals surface area contributed by atoms with Gasteiger partial charge in [-0.1, -0.05) is 13.8 Å². The quantitative estimate of drug-likeness (QED) is 0.643. The third-order valence-electron chi connectivity index (χ3n) is 3.46. The molecular weight excluding hydrogens is 284 g/mol. The lowest BCUT2D eigenvalue weighted by molar-refractivity contribution is -0.129. The van der Waals surface area contributed by atoms with Crippen molar-refractivity contribution in [1.82, 2.24) is 9.88 Å². The van der Waals surface area contributed by atoms with E-state index in [0.717, 1.165) is 0 Å². The van der Waals surface area contributed by atoms with Crippen molar-refractivity contribution in [3.63, 3.8) is 0 Å². The number of hydrogen-bond acceptors (Lipinski definition) is 4. The first-order valence-electron chi connectivity index (χ1n) is 7.23. The third kappa shape index (κ3) is 3.96. The van der Waals surface area contributed by atoms with E-state index in [2.05, 4.69) is 4.98 Å². The van der Waals surface area contributed by atoms with Crippen LogP contribution in [0, 0.1) is 12.8 Å². The number of ketones is 1. The fourth-order valence-corrected chi connectivity index (χ4v) is 2.46. The highest BCUT2D eigenvalue weighted by molar-refractivity contribution is 6.01. The van der Waals surface area contributed by atoms with Crippen molar-refractivity contribution in [2.45, 2.75) is 34.1 Å². The van der Waals surface area contributed by atoms with Gasteiger partial charge >= 0.3 is 5.97 Å². The Morgan fingerprint density at radius 3 is 2.32 bits per heavy atom. The Labute approximate surface area is 130 Å². The highest BCUT2D eigenvalue weighted by Crippen LogP contribution is 2.21. The molecule has 22 heavy (non-hydrogen) atoms. The largest absolute Gasteiger partial charge is 0.465 e. The number of methoxy groups -OCH3 is 1. The number of carbonyl (C=O) groups excluding carboxylic acids is 3. The molecular formula is C16H24N2O4. The molecule has 0 spiro atoms. The van der Waals surface area contributed by atoms with E-state index in [4.69, 9.17) is 4.74 Å². The average Bonchev–Trinajstić information content (AvgIpc) is 2.74. The van der Waals surface area contributed by atoms with Crippen LogP contribution in [0.25, 0.3) is 0 Å². The Bertz CT molecular complexity index is 587. The molecule has 1 amide bonds. The Hall–Kier alpha value is -2.11. The normalized spacial score (nSPS) is 10.7. The predicted molar refractivity (Wildman–Crippen MR) is 83.1 cm³/mol. The number of rotatable bonds is 6. The van der Waals surface area contributed by atoms with Crippen LogP contribution < -0.4 is 0 Å². The maximum Gasteiger partial charge on any atom is 0.339 e. The fourth-order valence-electron chi connectivity index (χ4n) is 2.46. The lowest BCUT2D eigenvalue weighted by Crippen LogP contribution is -2.32. The number of esters is 1. The minimum absolute atomic E-state index is 0.0295. The van der Waals surface area contributed by atoms with Crippen LogP contribution in [0.15, 0.2) is 0 Å². The number of amides is 1. The van der Waals surface area contributed by atoms with Crippen molar-refractivity contribution in [3.05, 3.63) is 22.5 Å². The smallest absolute Gasteiger partial charge is 0.339 e. The number of likely N-dealkylation sites (N-methyl/N-ethyl adjacent to an activating group) is 1. The van der Waals surface area contributed by atoms with E-state index < -0.39 is 5.97 Å². The van der Waals surface area contributed by atoms with Crippen molar-refractivity contribution in [1.29, 1.82) is 0 Å². The number of ether oxygens (including phenoxy) is 1. The summed E-state index contributed by atoms with van der Waals surface area (Å²) in [6.07, 6.45) is 0.0295. The summed E-state index contributed by atoms with van der Waals surface area (Å²) >= 11 is 0. The van der Waals surface area contributed by atoms with E-state index >= 15 is 0 Å². The summed E-state index contributed by atoms with van der Waals surface area (Å²) in [7, 11) is 3.00. The lowest BCUT2D eigenvalue weighted by Gasteiger charge is -2.19. The SMILES string of the molecule is COC(=O)c1c(CC(=O)N(C)CC(C)C)[nH]c(C(C)=O)c1C. The van der Waals surface area contributed by atoms with Gasteiger partial charge in [0.1, 0.15) is 0 Å². The molecule has 122 valence electrons. The lowest BCUT2D eigenvalue weighted by atomic mass is 10.1. The number of aromatic nitrogens is 1.